The molecule has 2 aromatic carbocycles. The van der Waals surface area contributed by atoms with Gasteiger partial charge in [0.05, 0.1) is 11.3 Å². The Hall–Kier alpha value is -3.51. The normalized spacial score (nSPS) is 11.0. The predicted molar refractivity (Wildman–Crippen MR) is 110 cm³/mol. The number of nitrogens with zero attached hydrogens (tertiary/aromatic N) is 2. The van der Waals surface area contributed by atoms with Crippen molar-refractivity contribution in [2.24, 2.45) is 5.10 Å². The van der Waals surface area contributed by atoms with E-state index in [2.05, 4.69) is 20.8 Å². The lowest BCUT2D eigenvalue weighted by atomic mass is 10.1. The molecule has 2 N–H and O–H groups in total. The average Bonchev–Trinajstić information content (AvgIpc) is 2.72. The highest BCUT2D eigenvalue weighted by Crippen LogP contribution is 2.15. The lowest BCUT2D eigenvalue weighted by Gasteiger charge is -2.08. The maximum Gasteiger partial charge on any atom is 0.272 e. The number of carbonyl (C=O) groups excluding carboxylic acids is 2. The molecule has 0 aliphatic rings. The summed E-state index contributed by atoms with van der Waals surface area (Å²) in [7, 11) is 0. The Morgan fingerprint density at radius 2 is 1.68 bits per heavy atom. The van der Waals surface area contributed by atoms with E-state index in [4.69, 9.17) is 11.6 Å². The number of pyridine rings is 1. The number of anilines is 1. The summed E-state index contributed by atoms with van der Waals surface area (Å²) in [6.45, 7) is 1.77. The third-order valence-electron chi connectivity index (χ3n) is 3.87. The van der Waals surface area contributed by atoms with E-state index in [0.29, 0.717) is 27.5 Å². The first-order valence-electron chi connectivity index (χ1n) is 8.45. The van der Waals surface area contributed by atoms with Gasteiger partial charge < -0.3 is 5.32 Å². The van der Waals surface area contributed by atoms with Crippen LogP contribution in [-0.2, 0) is 0 Å². The molecule has 6 nitrogen and oxygen atoms in total. The van der Waals surface area contributed by atoms with Gasteiger partial charge in [0.2, 0.25) is 0 Å². The highest BCUT2D eigenvalue weighted by Gasteiger charge is 2.08. The van der Waals surface area contributed by atoms with Gasteiger partial charge in [0.15, 0.2) is 0 Å². The van der Waals surface area contributed by atoms with Crippen molar-refractivity contribution in [3.05, 3.63) is 94.8 Å². The Morgan fingerprint density at radius 1 is 0.929 bits per heavy atom. The second-order valence-electron chi connectivity index (χ2n) is 5.93. The minimum atomic E-state index is -0.349. The molecule has 3 aromatic rings. The lowest BCUT2D eigenvalue weighted by molar-refractivity contribution is 0.0953. The number of aromatic nitrogens is 1. The monoisotopic (exact) mass is 392 g/mol. The summed E-state index contributed by atoms with van der Waals surface area (Å²) in [5, 5.41) is 7.44. The zero-order valence-corrected chi connectivity index (χ0v) is 15.8. The van der Waals surface area contributed by atoms with Crippen molar-refractivity contribution in [1.82, 2.24) is 10.4 Å². The fourth-order valence-corrected chi connectivity index (χ4v) is 2.61. The molecule has 0 radical (unpaired) electrons. The number of halogens is 1. The zero-order chi connectivity index (χ0) is 19.9. The fourth-order valence-electron chi connectivity index (χ4n) is 2.42. The standard InChI is InChI=1S/C21H17ClN4O2/c1-14(25-26-21(28)17-7-4-10-23-13-17)15-5-3-9-19(12-15)24-20(27)16-6-2-8-18(22)11-16/h2-13H,1H3,(H,24,27)(H,26,28)/b25-14-. The molecule has 140 valence electrons. The van der Waals surface area contributed by atoms with E-state index in [1.165, 1.54) is 6.20 Å². The first-order chi connectivity index (χ1) is 13.5. The van der Waals surface area contributed by atoms with Crippen molar-refractivity contribution in [1.29, 1.82) is 0 Å². The SMILES string of the molecule is C/C(=N/NC(=O)c1cccnc1)c1cccc(NC(=O)c2cccc(Cl)c2)c1. The van der Waals surface area contributed by atoms with Gasteiger partial charge in [0, 0.05) is 28.7 Å². The first-order valence-corrected chi connectivity index (χ1v) is 8.83. The number of nitrogens with one attached hydrogen (secondary N) is 2. The quantitative estimate of drug-likeness (QED) is 0.505. The number of carbonyl (C=O) groups is 2. The van der Waals surface area contributed by atoms with E-state index in [9.17, 15) is 9.59 Å². The van der Waals surface area contributed by atoms with E-state index >= 15 is 0 Å². The third-order valence-corrected chi connectivity index (χ3v) is 4.11. The summed E-state index contributed by atoms with van der Waals surface area (Å²) < 4.78 is 0. The molecule has 28 heavy (non-hydrogen) atoms. The molecule has 0 unspecified atom stereocenters. The molecule has 0 fully saturated rings. The van der Waals surface area contributed by atoms with Crippen LogP contribution < -0.4 is 10.7 Å². The summed E-state index contributed by atoms with van der Waals surface area (Å²) in [5.74, 6) is -0.614. The molecule has 0 spiro atoms. The third kappa shape index (κ3) is 5.02. The Kier molecular flexibility index (Phi) is 6.14. The number of benzene rings is 2. The minimum Gasteiger partial charge on any atom is -0.322 e. The van der Waals surface area contributed by atoms with E-state index in [1.807, 2.05) is 6.07 Å². The van der Waals surface area contributed by atoms with Crippen LogP contribution >= 0.6 is 11.6 Å². The van der Waals surface area contributed by atoms with E-state index in [1.54, 1.807) is 67.7 Å². The molecule has 1 heterocycles. The van der Waals surface area contributed by atoms with Gasteiger partial charge in [-0.3, -0.25) is 14.6 Å². The van der Waals surface area contributed by atoms with Crippen molar-refractivity contribution in [3.63, 3.8) is 0 Å². The van der Waals surface area contributed by atoms with Gasteiger partial charge >= 0.3 is 0 Å². The van der Waals surface area contributed by atoms with E-state index < -0.39 is 0 Å². The highest BCUT2D eigenvalue weighted by molar-refractivity contribution is 6.31. The number of hydrogen-bond donors (Lipinski definition) is 2. The Balaban J connectivity index is 1.70. The second-order valence-corrected chi connectivity index (χ2v) is 6.36. The molecule has 0 bridgehead atoms. The number of rotatable bonds is 5. The van der Waals surface area contributed by atoms with Crippen molar-refractivity contribution in [2.45, 2.75) is 6.92 Å². The van der Waals surface area contributed by atoms with Crippen LogP contribution in [0.25, 0.3) is 0 Å². The van der Waals surface area contributed by atoms with Crippen LogP contribution in [0, 0.1) is 0 Å². The van der Waals surface area contributed by atoms with Crippen molar-refractivity contribution < 1.29 is 9.59 Å². The van der Waals surface area contributed by atoms with Crippen LogP contribution in [0.4, 0.5) is 5.69 Å². The summed E-state index contributed by atoms with van der Waals surface area (Å²) in [5.41, 5.74) is 5.34. The van der Waals surface area contributed by atoms with Gasteiger partial charge in [-0.25, -0.2) is 5.43 Å². The largest absolute Gasteiger partial charge is 0.322 e. The number of hydrazone groups is 1. The minimum absolute atomic E-state index is 0.265. The molecule has 2 amide bonds. The molecule has 0 saturated carbocycles. The smallest absolute Gasteiger partial charge is 0.272 e. The molecule has 0 saturated heterocycles. The topological polar surface area (TPSA) is 83.4 Å². The number of hydrogen-bond acceptors (Lipinski definition) is 4. The van der Waals surface area contributed by atoms with Gasteiger partial charge in [-0.05, 0) is 55.0 Å². The van der Waals surface area contributed by atoms with Gasteiger partial charge in [-0.2, -0.15) is 5.10 Å². The Bertz CT molecular complexity index is 1040. The van der Waals surface area contributed by atoms with Crippen molar-refractivity contribution in [3.8, 4) is 0 Å². The van der Waals surface area contributed by atoms with Crippen LogP contribution in [0.3, 0.4) is 0 Å². The maximum atomic E-state index is 12.4. The molecule has 0 aliphatic carbocycles. The molecular formula is C21H17ClN4O2. The van der Waals surface area contributed by atoms with E-state index in [0.717, 1.165) is 5.56 Å². The molecule has 7 heteroatoms. The fraction of sp³-hybridized carbons (Fsp3) is 0.0476. The van der Waals surface area contributed by atoms with Crippen LogP contribution in [0.5, 0.6) is 0 Å². The first kappa shape index (κ1) is 19.3. The van der Waals surface area contributed by atoms with Gasteiger partial charge in [-0.15, -0.1) is 0 Å². The Morgan fingerprint density at radius 3 is 2.43 bits per heavy atom. The van der Waals surface area contributed by atoms with Gasteiger partial charge in [0.25, 0.3) is 11.8 Å². The van der Waals surface area contributed by atoms with Gasteiger partial charge in [0.1, 0.15) is 0 Å². The van der Waals surface area contributed by atoms with Crippen LogP contribution in [-0.4, -0.2) is 22.5 Å². The van der Waals surface area contributed by atoms with Crippen molar-refractivity contribution >= 4 is 34.8 Å². The summed E-state index contributed by atoms with van der Waals surface area (Å²) in [6.07, 6.45) is 3.06. The highest BCUT2D eigenvalue weighted by atomic mass is 35.5. The predicted octanol–water partition coefficient (Wildman–Crippen LogP) is 4.14. The van der Waals surface area contributed by atoms with E-state index in [-0.39, 0.29) is 11.8 Å². The Labute approximate surface area is 167 Å². The van der Waals surface area contributed by atoms with Gasteiger partial charge in [-0.1, -0.05) is 29.8 Å². The molecule has 0 aliphatic heterocycles. The molecule has 1 aromatic heterocycles. The summed E-state index contributed by atoms with van der Waals surface area (Å²) in [4.78, 5) is 28.3. The van der Waals surface area contributed by atoms with Crippen LogP contribution in [0.2, 0.25) is 5.02 Å². The van der Waals surface area contributed by atoms with Crippen LogP contribution in [0.15, 0.2) is 78.2 Å². The second kappa shape index (κ2) is 8.92. The zero-order valence-electron chi connectivity index (χ0n) is 15.0. The molecule has 0 atom stereocenters. The lowest BCUT2D eigenvalue weighted by Crippen LogP contribution is -2.19. The summed E-state index contributed by atoms with van der Waals surface area (Å²) >= 11 is 5.93. The average molecular weight is 393 g/mol. The van der Waals surface area contributed by atoms with Crippen LogP contribution in [0.1, 0.15) is 33.2 Å². The maximum absolute atomic E-state index is 12.4. The summed E-state index contributed by atoms with van der Waals surface area (Å²) in [6, 6.07) is 17.2. The van der Waals surface area contributed by atoms with Crippen molar-refractivity contribution in [2.75, 3.05) is 5.32 Å². The molecular weight excluding hydrogens is 376 g/mol. The number of amides is 2. The molecule has 3 rings (SSSR count).